The summed E-state index contributed by atoms with van der Waals surface area (Å²) in [5.74, 6) is 0.350. The molecule has 0 radical (unpaired) electrons. The quantitative estimate of drug-likeness (QED) is 0.843. The molecule has 1 aromatic rings. The second-order valence-corrected chi connectivity index (χ2v) is 7.94. The van der Waals surface area contributed by atoms with Gasteiger partial charge in [-0.3, -0.25) is 4.79 Å². The van der Waals surface area contributed by atoms with E-state index in [1.807, 2.05) is 20.8 Å². The van der Waals surface area contributed by atoms with Crippen molar-refractivity contribution in [3.8, 4) is 0 Å². The van der Waals surface area contributed by atoms with Crippen LogP contribution in [0.25, 0.3) is 0 Å². The van der Waals surface area contributed by atoms with Crippen molar-refractivity contribution in [2.75, 3.05) is 12.3 Å². The maximum atomic E-state index is 11.8. The minimum atomic E-state index is -0.186. The lowest BCUT2D eigenvalue weighted by molar-refractivity contribution is -0.118. The SMILES string of the molecule is CC(C)(C)CCNC(=O)CSc1nnnn1C(C)(C)C. The number of hydrogen-bond acceptors (Lipinski definition) is 5. The first-order valence-corrected chi connectivity index (χ1v) is 7.76. The standard InChI is InChI=1S/C13H25N5OS/c1-12(2,3)7-8-14-10(19)9-20-11-15-16-17-18(11)13(4,5)6/h7-9H2,1-6H3,(H,14,19). The molecule has 114 valence electrons. The molecular weight excluding hydrogens is 274 g/mol. The van der Waals surface area contributed by atoms with Gasteiger partial charge in [0.1, 0.15) is 0 Å². The number of nitrogens with one attached hydrogen (secondary N) is 1. The summed E-state index contributed by atoms with van der Waals surface area (Å²) >= 11 is 1.36. The Balaban J connectivity index is 2.41. The van der Waals surface area contributed by atoms with E-state index in [0.29, 0.717) is 17.5 Å². The molecule has 0 aliphatic heterocycles. The zero-order chi connectivity index (χ0) is 15.4. The number of hydrogen-bond donors (Lipinski definition) is 1. The van der Waals surface area contributed by atoms with E-state index in [-0.39, 0.29) is 16.9 Å². The van der Waals surface area contributed by atoms with Crippen molar-refractivity contribution < 1.29 is 4.79 Å². The maximum absolute atomic E-state index is 11.8. The number of rotatable bonds is 5. The summed E-state index contributed by atoms with van der Waals surface area (Å²) in [5, 5.41) is 15.2. The molecule has 1 heterocycles. The van der Waals surface area contributed by atoms with E-state index in [1.165, 1.54) is 11.8 Å². The Morgan fingerprint density at radius 2 is 1.90 bits per heavy atom. The van der Waals surface area contributed by atoms with E-state index in [9.17, 15) is 4.79 Å². The fourth-order valence-corrected chi connectivity index (χ4v) is 2.34. The highest BCUT2D eigenvalue weighted by atomic mass is 32.2. The number of aromatic nitrogens is 4. The van der Waals surface area contributed by atoms with Crippen LogP contribution in [0.2, 0.25) is 0 Å². The molecular formula is C13H25N5OS. The summed E-state index contributed by atoms with van der Waals surface area (Å²) in [6.07, 6.45) is 0.961. The molecule has 1 amide bonds. The molecule has 0 spiro atoms. The second-order valence-electron chi connectivity index (χ2n) is 6.99. The number of tetrazole rings is 1. The van der Waals surface area contributed by atoms with Crippen molar-refractivity contribution in [1.29, 1.82) is 0 Å². The monoisotopic (exact) mass is 299 g/mol. The summed E-state index contributed by atoms with van der Waals surface area (Å²) < 4.78 is 1.74. The molecule has 7 heteroatoms. The molecule has 0 fully saturated rings. The van der Waals surface area contributed by atoms with Gasteiger partial charge in [0.05, 0.1) is 11.3 Å². The van der Waals surface area contributed by atoms with Crippen molar-refractivity contribution in [3.63, 3.8) is 0 Å². The van der Waals surface area contributed by atoms with Crippen LogP contribution >= 0.6 is 11.8 Å². The van der Waals surface area contributed by atoms with Crippen LogP contribution in [-0.4, -0.2) is 38.4 Å². The molecule has 0 bridgehead atoms. The third-order valence-electron chi connectivity index (χ3n) is 2.61. The van der Waals surface area contributed by atoms with Gasteiger partial charge in [-0.2, -0.15) is 0 Å². The fourth-order valence-electron chi connectivity index (χ4n) is 1.45. The highest BCUT2D eigenvalue weighted by molar-refractivity contribution is 7.99. The van der Waals surface area contributed by atoms with Crippen molar-refractivity contribution in [2.45, 2.75) is 58.7 Å². The van der Waals surface area contributed by atoms with Gasteiger partial charge in [0.25, 0.3) is 0 Å². The Kier molecular flexibility index (Phi) is 5.56. The van der Waals surface area contributed by atoms with Gasteiger partial charge in [0.2, 0.25) is 11.1 Å². The Bertz CT molecular complexity index is 444. The molecule has 0 atom stereocenters. The topological polar surface area (TPSA) is 72.7 Å². The number of carbonyl (C=O) groups excluding carboxylic acids is 1. The lowest BCUT2D eigenvalue weighted by atomic mass is 9.92. The number of amides is 1. The predicted molar refractivity (Wildman–Crippen MR) is 80.6 cm³/mol. The van der Waals surface area contributed by atoms with Crippen LogP contribution in [0.3, 0.4) is 0 Å². The normalized spacial score (nSPS) is 12.5. The lowest BCUT2D eigenvalue weighted by Gasteiger charge is -2.19. The van der Waals surface area contributed by atoms with Crippen LogP contribution in [-0.2, 0) is 10.3 Å². The summed E-state index contributed by atoms with van der Waals surface area (Å²) in [5.41, 5.74) is 0.0469. The number of carbonyl (C=O) groups is 1. The Labute approximate surface area is 125 Å². The molecule has 1 N–H and O–H groups in total. The van der Waals surface area contributed by atoms with Crippen LogP contribution in [0.4, 0.5) is 0 Å². The van der Waals surface area contributed by atoms with Gasteiger partial charge in [-0.05, 0) is 43.0 Å². The minimum absolute atomic E-state index is 0.0164. The average molecular weight is 299 g/mol. The summed E-state index contributed by atoms with van der Waals surface area (Å²) in [7, 11) is 0. The smallest absolute Gasteiger partial charge is 0.230 e. The van der Waals surface area contributed by atoms with Crippen molar-refractivity contribution in [3.05, 3.63) is 0 Å². The molecule has 6 nitrogen and oxygen atoms in total. The highest BCUT2D eigenvalue weighted by Gasteiger charge is 2.20. The summed E-state index contributed by atoms with van der Waals surface area (Å²) in [6, 6.07) is 0. The molecule has 1 aromatic heterocycles. The van der Waals surface area contributed by atoms with E-state index < -0.39 is 0 Å². The maximum Gasteiger partial charge on any atom is 0.230 e. The van der Waals surface area contributed by atoms with E-state index >= 15 is 0 Å². The van der Waals surface area contributed by atoms with Gasteiger partial charge in [-0.25, -0.2) is 4.68 Å². The summed E-state index contributed by atoms with van der Waals surface area (Å²) in [4.78, 5) is 11.8. The highest BCUT2D eigenvalue weighted by Crippen LogP contribution is 2.21. The number of thioether (sulfide) groups is 1. The molecule has 0 saturated heterocycles. The molecule has 20 heavy (non-hydrogen) atoms. The van der Waals surface area contributed by atoms with E-state index in [0.717, 1.165) is 6.42 Å². The lowest BCUT2D eigenvalue weighted by Crippen LogP contribution is -2.29. The average Bonchev–Trinajstić information content (AvgIpc) is 2.72. The Morgan fingerprint density at radius 3 is 2.45 bits per heavy atom. The van der Waals surface area contributed by atoms with Gasteiger partial charge in [0.15, 0.2) is 0 Å². The molecule has 0 unspecified atom stereocenters. The third kappa shape index (κ3) is 5.90. The van der Waals surface area contributed by atoms with E-state index in [2.05, 4.69) is 41.6 Å². The first kappa shape index (κ1) is 16.9. The molecule has 0 aliphatic carbocycles. The third-order valence-corrected chi connectivity index (χ3v) is 3.53. The predicted octanol–water partition coefficient (Wildman–Crippen LogP) is 2.07. The van der Waals surface area contributed by atoms with Gasteiger partial charge in [-0.1, -0.05) is 32.5 Å². The second kappa shape index (κ2) is 6.56. The van der Waals surface area contributed by atoms with Crippen molar-refractivity contribution >= 4 is 17.7 Å². The van der Waals surface area contributed by atoms with Gasteiger partial charge in [-0.15, -0.1) is 5.10 Å². The Hall–Kier alpha value is -1.11. The van der Waals surface area contributed by atoms with Gasteiger partial charge < -0.3 is 5.32 Å². The summed E-state index contributed by atoms with van der Waals surface area (Å²) in [6.45, 7) is 13.2. The molecule has 0 saturated carbocycles. The van der Waals surface area contributed by atoms with Crippen LogP contribution in [0.15, 0.2) is 5.16 Å². The zero-order valence-electron chi connectivity index (χ0n) is 13.2. The van der Waals surface area contributed by atoms with Crippen molar-refractivity contribution in [1.82, 2.24) is 25.5 Å². The van der Waals surface area contributed by atoms with Crippen LogP contribution < -0.4 is 5.32 Å². The first-order chi connectivity index (χ1) is 9.09. The van der Waals surface area contributed by atoms with Crippen LogP contribution in [0, 0.1) is 5.41 Å². The van der Waals surface area contributed by atoms with E-state index in [1.54, 1.807) is 4.68 Å². The van der Waals surface area contributed by atoms with Crippen LogP contribution in [0.5, 0.6) is 0 Å². The van der Waals surface area contributed by atoms with Crippen LogP contribution in [0.1, 0.15) is 48.0 Å². The van der Waals surface area contributed by atoms with Gasteiger partial charge >= 0.3 is 0 Å². The molecule has 1 rings (SSSR count). The fraction of sp³-hybridized carbons (Fsp3) is 0.846. The molecule has 0 aromatic carbocycles. The largest absolute Gasteiger partial charge is 0.355 e. The number of nitrogens with zero attached hydrogens (tertiary/aromatic N) is 4. The zero-order valence-corrected chi connectivity index (χ0v) is 14.0. The van der Waals surface area contributed by atoms with Gasteiger partial charge in [0, 0.05) is 6.54 Å². The minimum Gasteiger partial charge on any atom is -0.355 e. The van der Waals surface area contributed by atoms with Crippen molar-refractivity contribution in [2.24, 2.45) is 5.41 Å². The van der Waals surface area contributed by atoms with E-state index in [4.69, 9.17) is 0 Å². The first-order valence-electron chi connectivity index (χ1n) is 6.78. The Morgan fingerprint density at radius 1 is 1.25 bits per heavy atom. The molecule has 0 aliphatic rings.